The zero-order valence-electron chi connectivity index (χ0n) is 10.3. The molecule has 1 aliphatic heterocycles. The number of benzene rings is 1. The molecule has 1 aliphatic rings. The van der Waals surface area contributed by atoms with Gasteiger partial charge in [-0.1, -0.05) is 15.9 Å². The zero-order valence-corrected chi connectivity index (χ0v) is 11.9. The van der Waals surface area contributed by atoms with Crippen LogP contribution in [0.5, 0.6) is 0 Å². The Kier molecular flexibility index (Phi) is 3.47. The van der Waals surface area contributed by atoms with Gasteiger partial charge in [-0.2, -0.15) is 0 Å². The van der Waals surface area contributed by atoms with Crippen LogP contribution in [-0.2, 0) is 4.74 Å². The lowest BCUT2D eigenvalue weighted by Gasteiger charge is -2.17. The molecule has 6 heteroatoms. The van der Waals surface area contributed by atoms with Gasteiger partial charge in [0.25, 0.3) is 0 Å². The summed E-state index contributed by atoms with van der Waals surface area (Å²) in [5.74, 6) is 0. The van der Waals surface area contributed by atoms with Crippen molar-refractivity contribution in [3.05, 3.63) is 32.7 Å². The normalized spacial score (nSPS) is 21.1. The summed E-state index contributed by atoms with van der Waals surface area (Å²) in [6, 6.07) is 3.61. The summed E-state index contributed by atoms with van der Waals surface area (Å²) >= 11 is 3.44. The van der Waals surface area contributed by atoms with Gasteiger partial charge in [0.05, 0.1) is 23.2 Å². The maximum atomic E-state index is 11.3. The first-order valence-corrected chi connectivity index (χ1v) is 7.14. The maximum absolute atomic E-state index is 11.3. The van der Waals surface area contributed by atoms with E-state index in [-0.39, 0.29) is 11.8 Å². The SMILES string of the molecule is O=c1[nH]c2cc(Br)c(C(O)CC3CCCO3)cc2[nH]1. The Morgan fingerprint density at radius 2 is 2.16 bits per heavy atom. The highest BCUT2D eigenvalue weighted by molar-refractivity contribution is 9.10. The molecule has 1 fully saturated rings. The van der Waals surface area contributed by atoms with E-state index < -0.39 is 6.10 Å². The number of ether oxygens (including phenoxy) is 1. The van der Waals surface area contributed by atoms with Crippen molar-refractivity contribution in [1.82, 2.24) is 9.97 Å². The molecule has 19 heavy (non-hydrogen) atoms. The van der Waals surface area contributed by atoms with Crippen LogP contribution < -0.4 is 5.69 Å². The molecule has 1 saturated heterocycles. The lowest BCUT2D eigenvalue weighted by Crippen LogP contribution is -2.11. The van der Waals surface area contributed by atoms with Gasteiger partial charge in [-0.15, -0.1) is 0 Å². The number of rotatable bonds is 3. The second kappa shape index (κ2) is 5.11. The summed E-state index contributed by atoms with van der Waals surface area (Å²) in [4.78, 5) is 16.6. The molecule has 1 aromatic heterocycles. The third-order valence-electron chi connectivity index (χ3n) is 3.50. The first kappa shape index (κ1) is 12.9. The summed E-state index contributed by atoms with van der Waals surface area (Å²) in [5, 5.41) is 10.3. The van der Waals surface area contributed by atoms with Crippen LogP contribution in [-0.4, -0.2) is 27.8 Å². The molecule has 2 aromatic rings. The minimum atomic E-state index is -0.597. The van der Waals surface area contributed by atoms with Gasteiger partial charge in [-0.25, -0.2) is 4.79 Å². The number of aliphatic hydroxyl groups is 1. The topological polar surface area (TPSA) is 78.1 Å². The van der Waals surface area contributed by atoms with E-state index in [1.165, 1.54) is 0 Å². The Bertz CT molecular complexity index is 643. The predicted molar refractivity (Wildman–Crippen MR) is 75.2 cm³/mol. The number of imidazole rings is 1. The minimum absolute atomic E-state index is 0.128. The van der Waals surface area contributed by atoms with Crippen molar-refractivity contribution in [3.63, 3.8) is 0 Å². The number of hydrogen-bond acceptors (Lipinski definition) is 3. The summed E-state index contributed by atoms with van der Waals surface area (Å²) in [6.45, 7) is 0.780. The van der Waals surface area contributed by atoms with E-state index in [2.05, 4.69) is 25.9 Å². The van der Waals surface area contributed by atoms with Gasteiger partial charge >= 0.3 is 5.69 Å². The number of aromatic nitrogens is 2. The van der Waals surface area contributed by atoms with Gasteiger partial charge in [-0.3, -0.25) is 0 Å². The van der Waals surface area contributed by atoms with Crippen molar-refractivity contribution in [3.8, 4) is 0 Å². The van der Waals surface area contributed by atoms with Gasteiger partial charge in [0.2, 0.25) is 0 Å². The molecule has 2 atom stereocenters. The van der Waals surface area contributed by atoms with Crippen LogP contribution in [0.1, 0.15) is 30.9 Å². The highest BCUT2D eigenvalue weighted by Crippen LogP contribution is 2.31. The summed E-state index contributed by atoms with van der Waals surface area (Å²) < 4.78 is 6.33. The Hall–Kier alpha value is -1.11. The largest absolute Gasteiger partial charge is 0.388 e. The molecule has 3 rings (SSSR count). The third-order valence-corrected chi connectivity index (χ3v) is 4.19. The summed E-state index contributed by atoms with van der Waals surface area (Å²) in [5.41, 5.74) is 1.96. The fraction of sp³-hybridized carbons (Fsp3) is 0.462. The molecule has 102 valence electrons. The van der Waals surface area contributed by atoms with Crippen molar-refractivity contribution < 1.29 is 9.84 Å². The Balaban J connectivity index is 1.89. The monoisotopic (exact) mass is 326 g/mol. The van der Waals surface area contributed by atoms with Gasteiger partial charge in [0.15, 0.2) is 0 Å². The van der Waals surface area contributed by atoms with Crippen LogP contribution in [0.4, 0.5) is 0 Å². The van der Waals surface area contributed by atoms with E-state index in [4.69, 9.17) is 4.74 Å². The van der Waals surface area contributed by atoms with Crippen LogP contribution in [0, 0.1) is 0 Å². The van der Waals surface area contributed by atoms with E-state index in [1.54, 1.807) is 12.1 Å². The van der Waals surface area contributed by atoms with E-state index in [0.717, 1.165) is 35.0 Å². The van der Waals surface area contributed by atoms with Gasteiger partial charge in [0, 0.05) is 17.5 Å². The lowest BCUT2D eigenvalue weighted by molar-refractivity contribution is 0.0533. The van der Waals surface area contributed by atoms with Crippen LogP contribution in [0.15, 0.2) is 21.4 Å². The second-order valence-electron chi connectivity index (χ2n) is 4.88. The average Bonchev–Trinajstić information content (AvgIpc) is 2.96. The molecule has 0 amide bonds. The van der Waals surface area contributed by atoms with Crippen LogP contribution in [0.3, 0.4) is 0 Å². The minimum Gasteiger partial charge on any atom is -0.388 e. The molecular weight excluding hydrogens is 312 g/mol. The Labute approximate surface area is 118 Å². The number of halogens is 1. The molecule has 2 unspecified atom stereocenters. The molecule has 1 aromatic carbocycles. The van der Waals surface area contributed by atoms with E-state index in [1.807, 2.05) is 0 Å². The number of fused-ring (bicyclic) bond motifs is 1. The summed E-state index contributed by atoms with van der Waals surface area (Å²) in [7, 11) is 0. The molecule has 0 saturated carbocycles. The first-order valence-electron chi connectivity index (χ1n) is 6.34. The van der Waals surface area contributed by atoms with Crippen LogP contribution in [0.2, 0.25) is 0 Å². The first-order chi connectivity index (χ1) is 9.13. The molecular formula is C13H15BrN2O3. The highest BCUT2D eigenvalue weighted by Gasteiger charge is 2.22. The summed E-state index contributed by atoms with van der Waals surface area (Å²) in [6.07, 6.45) is 2.17. The van der Waals surface area contributed by atoms with Crippen LogP contribution in [0.25, 0.3) is 11.0 Å². The fourth-order valence-electron chi connectivity index (χ4n) is 2.53. The van der Waals surface area contributed by atoms with E-state index in [0.29, 0.717) is 11.9 Å². The second-order valence-corrected chi connectivity index (χ2v) is 5.74. The molecule has 3 N–H and O–H groups in total. The lowest BCUT2D eigenvalue weighted by atomic mass is 10.0. The molecule has 0 bridgehead atoms. The van der Waals surface area contributed by atoms with Gasteiger partial charge < -0.3 is 19.8 Å². The van der Waals surface area contributed by atoms with E-state index in [9.17, 15) is 9.90 Å². The quantitative estimate of drug-likeness (QED) is 0.809. The number of aromatic amines is 2. The van der Waals surface area contributed by atoms with Crippen molar-refractivity contribution in [2.24, 2.45) is 0 Å². The molecule has 2 heterocycles. The zero-order chi connectivity index (χ0) is 13.4. The third kappa shape index (κ3) is 2.61. The van der Waals surface area contributed by atoms with E-state index >= 15 is 0 Å². The number of hydrogen-bond donors (Lipinski definition) is 3. The molecule has 0 aliphatic carbocycles. The maximum Gasteiger partial charge on any atom is 0.323 e. The van der Waals surface area contributed by atoms with Gasteiger partial charge in [-0.05, 0) is 30.5 Å². The van der Waals surface area contributed by atoms with Crippen molar-refractivity contribution in [2.75, 3.05) is 6.61 Å². The smallest absolute Gasteiger partial charge is 0.323 e. The Morgan fingerprint density at radius 1 is 1.42 bits per heavy atom. The predicted octanol–water partition coefficient (Wildman–Crippen LogP) is 2.22. The Morgan fingerprint density at radius 3 is 2.84 bits per heavy atom. The fourth-order valence-corrected chi connectivity index (χ4v) is 3.14. The van der Waals surface area contributed by atoms with Gasteiger partial charge in [0.1, 0.15) is 0 Å². The molecule has 0 spiro atoms. The van der Waals surface area contributed by atoms with Crippen molar-refractivity contribution in [1.29, 1.82) is 0 Å². The van der Waals surface area contributed by atoms with Crippen LogP contribution >= 0.6 is 15.9 Å². The van der Waals surface area contributed by atoms with Crippen molar-refractivity contribution in [2.45, 2.75) is 31.5 Å². The standard InChI is InChI=1S/C13H15BrN2O3/c14-9-6-11-10(15-13(18)16-11)5-8(9)12(17)4-7-2-1-3-19-7/h5-7,12,17H,1-4H2,(H2,15,16,18). The average molecular weight is 327 g/mol. The number of nitrogens with one attached hydrogen (secondary N) is 2. The van der Waals surface area contributed by atoms with Crippen molar-refractivity contribution >= 4 is 27.0 Å². The molecule has 0 radical (unpaired) electrons. The molecule has 5 nitrogen and oxygen atoms in total. The number of aliphatic hydroxyl groups excluding tert-OH is 1. The number of H-pyrrole nitrogens is 2. The highest BCUT2D eigenvalue weighted by atomic mass is 79.9.